The monoisotopic (exact) mass is 434 g/mol. The van der Waals surface area contributed by atoms with Crippen LogP contribution < -0.4 is 10.8 Å². The van der Waals surface area contributed by atoms with Crippen molar-refractivity contribution in [1.82, 2.24) is 15.1 Å². The quantitative estimate of drug-likeness (QED) is 0.313. The van der Waals surface area contributed by atoms with E-state index in [0.717, 1.165) is 17.6 Å². The SMILES string of the molecule is O=C(NOCCO)c1cc2snnc2c(F)c1Nc1ccc(C(F)(F)F)cc1F. The fourth-order valence-corrected chi connectivity index (χ4v) is 2.93. The predicted octanol–water partition coefficient (Wildman–Crippen LogP) is 3.39. The van der Waals surface area contributed by atoms with E-state index in [-0.39, 0.29) is 28.5 Å². The van der Waals surface area contributed by atoms with Crippen molar-refractivity contribution in [2.45, 2.75) is 6.18 Å². The number of hydroxylamine groups is 1. The maximum atomic E-state index is 14.9. The van der Waals surface area contributed by atoms with Gasteiger partial charge in [0, 0.05) is 0 Å². The zero-order chi connectivity index (χ0) is 21.2. The number of carbonyl (C=O) groups excluding carboxylic acids is 1. The topological polar surface area (TPSA) is 96.4 Å². The van der Waals surface area contributed by atoms with E-state index in [1.54, 1.807) is 0 Å². The normalized spacial score (nSPS) is 11.7. The standard InChI is InChI=1S/C16H11F5N4O3S/c17-9-5-7(16(19,20)21)1-2-10(9)22-13-8(15(27)24-28-4-3-26)6-11-14(12(13)18)23-25-29-11/h1-2,5-6,22,26H,3-4H2,(H,24,27). The average Bonchev–Trinajstić information content (AvgIpc) is 3.13. The van der Waals surface area contributed by atoms with E-state index in [4.69, 9.17) is 5.11 Å². The number of halogens is 5. The molecule has 13 heteroatoms. The van der Waals surface area contributed by atoms with E-state index in [0.29, 0.717) is 6.07 Å². The summed E-state index contributed by atoms with van der Waals surface area (Å²) < 4.78 is 70.9. The van der Waals surface area contributed by atoms with Gasteiger partial charge in [-0.1, -0.05) is 4.49 Å². The summed E-state index contributed by atoms with van der Waals surface area (Å²) in [5, 5.41) is 14.6. The summed E-state index contributed by atoms with van der Waals surface area (Å²) >= 11 is 0.795. The number of amides is 1. The van der Waals surface area contributed by atoms with Gasteiger partial charge in [0.2, 0.25) is 0 Å². The van der Waals surface area contributed by atoms with Gasteiger partial charge in [0.25, 0.3) is 5.91 Å². The van der Waals surface area contributed by atoms with Gasteiger partial charge in [-0.15, -0.1) is 5.10 Å². The van der Waals surface area contributed by atoms with Gasteiger partial charge < -0.3 is 10.4 Å². The van der Waals surface area contributed by atoms with Crippen molar-refractivity contribution >= 4 is 39.0 Å². The van der Waals surface area contributed by atoms with Crippen LogP contribution in [0.25, 0.3) is 10.2 Å². The molecule has 1 aromatic heterocycles. The van der Waals surface area contributed by atoms with Crippen LogP contribution in [0.2, 0.25) is 0 Å². The number of hydrogen-bond donors (Lipinski definition) is 3. The fourth-order valence-electron chi connectivity index (χ4n) is 2.33. The Labute approximate surface area is 163 Å². The number of hydrogen-bond acceptors (Lipinski definition) is 7. The third kappa shape index (κ3) is 4.41. The van der Waals surface area contributed by atoms with Gasteiger partial charge in [-0.3, -0.25) is 9.63 Å². The lowest BCUT2D eigenvalue weighted by atomic mass is 10.1. The molecule has 7 nitrogen and oxygen atoms in total. The lowest BCUT2D eigenvalue weighted by Crippen LogP contribution is -2.26. The summed E-state index contributed by atoms with van der Waals surface area (Å²) in [6.45, 7) is -0.636. The first kappa shape index (κ1) is 20.8. The van der Waals surface area contributed by atoms with Crippen LogP contribution in [0.4, 0.5) is 33.3 Å². The molecule has 0 spiro atoms. The number of benzene rings is 2. The van der Waals surface area contributed by atoms with Crippen molar-refractivity contribution in [2.24, 2.45) is 0 Å². The molecular formula is C16H11F5N4O3S. The van der Waals surface area contributed by atoms with Gasteiger partial charge in [0.15, 0.2) is 5.82 Å². The van der Waals surface area contributed by atoms with Crippen LogP contribution in [0.5, 0.6) is 0 Å². The van der Waals surface area contributed by atoms with E-state index in [1.165, 1.54) is 6.07 Å². The second-order valence-electron chi connectivity index (χ2n) is 5.55. The van der Waals surface area contributed by atoms with Gasteiger partial charge in [-0.05, 0) is 35.8 Å². The Morgan fingerprint density at radius 1 is 1.24 bits per heavy atom. The van der Waals surface area contributed by atoms with Crippen molar-refractivity contribution in [3.63, 3.8) is 0 Å². The highest BCUT2D eigenvalue weighted by molar-refractivity contribution is 7.13. The third-order valence-electron chi connectivity index (χ3n) is 3.64. The zero-order valence-electron chi connectivity index (χ0n) is 14.2. The van der Waals surface area contributed by atoms with E-state index in [2.05, 4.69) is 19.7 Å². The highest BCUT2D eigenvalue weighted by atomic mass is 32.1. The second kappa shape index (κ2) is 8.23. The number of nitrogens with one attached hydrogen (secondary N) is 2. The Hall–Kier alpha value is -2.90. The molecule has 1 heterocycles. The molecule has 3 aromatic rings. The van der Waals surface area contributed by atoms with Crippen molar-refractivity contribution < 1.29 is 36.7 Å². The summed E-state index contributed by atoms with van der Waals surface area (Å²) in [4.78, 5) is 17.0. The first-order valence-electron chi connectivity index (χ1n) is 7.83. The van der Waals surface area contributed by atoms with E-state index < -0.39 is 47.3 Å². The largest absolute Gasteiger partial charge is 0.416 e. The Bertz CT molecular complexity index is 1060. The first-order chi connectivity index (χ1) is 13.7. The van der Waals surface area contributed by atoms with Crippen molar-refractivity contribution in [3.8, 4) is 0 Å². The Morgan fingerprint density at radius 3 is 2.66 bits per heavy atom. The summed E-state index contributed by atoms with van der Waals surface area (Å²) in [6, 6.07) is 2.83. The highest BCUT2D eigenvalue weighted by Gasteiger charge is 2.31. The lowest BCUT2D eigenvalue weighted by molar-refractivity contribution is -0.137. The zero-order valence-corrected chi connectivity index (χ0v) is 15.0. The Morgan fingerprint density at radius 2 is 2.00 bits per heavy atom. The summed E-state index contributed by atoms with van der Waals surface area (Å²) in [7, 11) is 0. The molecule has 0 unspecified atom stereocenters. The van der Waals surface area contributed by atoms with E-state index in [1.807, 2.05) is 5.48 Å². The van der Waals surface area contributed by atoms with Crippen LogP contribution in [0.3, 0.4) is 0 Å². The number of aliphatic hydroxyl groups is 1. The van der Waals surface area contributed by atoms with Gasteiger partial charge in [0.05, 0.1) is 40.4 Å². The summed E-state index contributed by atoms with van der Waals surface area (Å²) in [5.74, 6) is -3.30. The maximum Gasteiger partial charge on any atom is 0.416 e. The Balaban J connectivity index is 2.02. The molecule has 0 atom stereocenters. The van der Waals surface area contributed by atoms with Gasteiger partial charge in [-0.2, -0.15) is 13.2 Å². The molecular weight excluding hydrogens is 423 g/mol. The van der Waals surface area contributed by atoms with E-state index >= 15 is 0 Å². The minimum Gasteiger partial charge on any atom is -0.394 e. The van der Waals surface area contributed by atoms with Crippen LogP contribution in [0.1, 0.15) is 15.9 Å². The molecule has 0 aliphatic heterocycles. The lowest BCUT2D eigenvalue weighted by Gasteiger charge is -2.15. The number of aromatic nitrogens is 2. The molecule has 3 rings (SSSR count). The number of nitrogens with zero attached hydrogens (tertiary/aromatic N) is 2. The number of carbonyl (C=O) groups is 1. The minimum absolute atomic E-state index is 0.202. The maximum absolute atomic E-state index is 14.9. The predicted molar refractivity (Wildman–Crippen MR) is 92.6 cm³/mol. The molecule has 3 N–H and O–H groups in total. The Kier molecular flexibility index (Phi) is 5.91. The van der Waals surface area contributed by atoms with Crippen molar-refractivity contribution in [1.29, 1.82) is 0 Å². The summed E-state index contributed by atoms with van der Waals surface area (Å²) in [5.41, 5.74) is -0.831. The molecule has 0 fully saturated rings. The molecule has 0 radical (unpaired) electrons. The van der Waals surface area contributed by atoms with Crippen LogP contribution in [0, 0.1) is 11.6 Å². The molecule has 1 amide bonds. The highest BCUT2D eigenvalue weighted by Crippen LogP contribution is 2.35. The molecule has 29 heavy (non-hydrogen) atoms. The smallest absolute Gasteiger partial charge is 0.394 e. The first-order valence-corrected chi connectivity index (χ1v) is 8.61. The molecule has 2 aromatic carbocycles. The van der Waals surface area contributed by atoms with Gasteiger partial charge >= 0.3 is 6.18 Å². The molecule has 0 aliphatic rings. The number of aliphatic hydroxyl groups excluding tert-OH is 1. The van der Waals surface area contributed by atoms with Crippen LogP contribution >= 0.6 is 11.5 Å². The van der Waals surface area contributed by atoms with Crippen LogP contribution in [-0.2, 0) is 11.0 Å². The van der Waals surface area contributed by atoms with Crippen LogP contribution in [-0.4, -0.2) is 33.8 Å². The molecule has 0 saturated carbocycles. The third-order valence-corrected chi connectivity index (χ3v) is 4.32. The fraction of sp³-hybridized carbons (Fsp3) is 0.188. The van der Waals surface area contributed by atoms with Crippen molar-refractivity contribution in [3.05, 3.63) is 47.0 Å². The molecule has 0 bridgehead atoms. The number of anilines is 2. The number of rotatable bonds is 6. The molecule has 0 aliphatic carbocycles. The van der Waals surface area contributed by atoms with Gasteiger partial charge in [0.1, 0.15) is 11.3 Å². The average molecular weight is 434 g/mol. The van der Waals surface area contributed by atoms with Gasteiger partial charge in [-0.25, -0.2) is 14.3 Å². The minimum atomic E-state index is -4.76. The summed E-state index contributed by atoms with van der Waals surface area (Å²) in [6.07, 6.45) is -4.76. The van der Waals surface area contributed by atoms with Crippen molar-refractivity contribution in [2.75, 3.05) is 18.5 Å². The van der Waals surface area contributed by atoms with E-state index in [9.17, 15) is 26.7 Å². The number of alkyl halides is 3. The molecule has 0 saturated heterocycles. The molecule has 154 valence electrons. The van der Waals surface area contributed by atoms with Crippen LogP contribution in [0.15, 0.2) is 24.3 Å². The number of fused-ring (bicyclic) bond motifs is 1. The second-order valence-corrected chi connectivity index (χ2v) is 6.34.